The van der Waals surface area contributed by atoms with Gasteiger partial charge in [0.15, 0.2) is 7.98 Å². The van der Waals surface area contributed by atoms with E-state index < -0.39 is 0 Å². The van der Waals surface area contributed by atoms with E-state index in [4.69, 9.17) is 23.2 Å². The lowest BCUT2D eigenvalue weighted by Crippen LogP contribution is -2.33. The summed E-state index contributed by atoms with van der Waals surface area (Å²) in [6.45, 7) is 2.26. The van der Waals surface area contributed by atoms with Gasteiger partial charge in [-0.05, 0) is 19.3 Å². The average molecular weight is 300 g/mol. The zero-order valence-corrected chi connectivity index (χ0v) is 12.4. The minimum absolute atomic E-state index is 0.0333. The fourth-order valence-corrected chi connectivity index (χ4v) is 1.40. The molecule has 0 aromatic rings. The number of unbranched alkanes of at least 4 members (excludes halogenated alkanes) is 2. The van der Waals surface area contributed by atoms with Gasteiger partial charge in [0.1, 0.15) is 13.2 Å². The van der Waals surface area contributed by atoms with Crippen molar-refractivity contribution in [1.29, 1.82) is 0 Å². The molecule has 120 valence electrons. The lowest BCUT2D eigenvalue weighted by molar-refractivity contribution is -0.126. The van der Waals surface area contributed by atoms with E-state index in [1.54, 1.807) is 0 Å². The number of amides is 2. The van der Waals surface area contributed by atoms with Crippen molar-refractivity contribution in [3.05, 3.63) is 0 Å². The maximum absolute atomic E-state index is 11.2. The van der Waals surface area contributed by atoms with Crippen molar-refractivity contribution in [2.24, 2.45) is 5.73 Å². The van der Waals surface area contributed by atoms with Gasteiger partial charge in [0, 0.05) is 26.3 Å². The van der Waals surface area contributed by atoms with Crippen LogP contribution < -0.4 is 21.6 Å². The quantitative estimate of drug-likeness (QED) is 0.168. The van der Waals surface area contributed by atoms with Crippen LogP contribution in [0.3, 0.4) is 0 Å². The van der Waals surface area contributed by atoms with E-state index in [1.165, 1.54) is 0 Å². The van der Waals surface area contributed by atoms with Gasteiger partial charge < -0.3 is 31.1 Å². The summed E-state index contributed by atoms with van der Waals surface area (Å²) in [5.41, 5.74) is 5.14. The molecule has 9 heteroatoms. The molecular formula is C12H25BN4O4. The Kier molecular flexibility index (Phi) is 14.4. The van der Waals surface area contributed by atoms with E-state index in [-0.39, 0.29) is 31.7 Å². The molecule has 0 aliphatic heterocycles. The minimum Gasteiger partial charge on any atom is -0.372 e. The number of carbonyl (C=O) groups is 2. The molecule has 0 rings (SSSR count). The summed E-state index contributed by atoms with van der Waals surface area (Å²) >= 11 is 0. The molecule has 0 unspecified atom stereocenters. The molecule has 21 heavy (non-hydrogen) atoms. The third kappa shape index (κ3) is 15.1. The largest absolute Gasteiger partial charge is 0.372 e. The molecule has 0 aromatic heterocycles. The van der Waals surface area contributed by atoms with E-state index in [0.29, 0.717) is 26.3 Å². The average Bonchev–Trinajstić information content (AvgIpc) is 2.46. The van der Waals surface area contributed by atoms with Gasteiger partial charge in [0.2, 0.25) is 11.8 Å². The number of hydrogen-bond acceptors (Lipinski definition) is 6. The van der Waals surface area contributed by atoms with Crippen molar-refractivity contribution in [1.82, 2.24) is 15.9 Å². The Bertz CT molecular complexity index is 282. The fraction of sp³-hybridized carbons (Fsp3) is 0.833. The summed E-state index contributed by atoms with van der Waals surface area (Å²) in [7, 11) is 5.07. The van der Waals surface area contributed by atoms with E-state index in [1.807, 2.05) is 0 Å². The second kappa shape index (κ2) is 15.2. The third-order valence-electron chi connectivity index (χ3n) is 2.43. The first-order chi connectivity index (χ1) is 10.2. The molecule has 0 aliphatic rings. The van der Waals surface area contributed by atoms with Gasteiger partial charge in [-0.1, -0.05) is 0 Å². The number of nitrogens with two attached hydrogens (primary N) is 1. The summed E-state index contributed by atoms with van der Waals surface area (Å²) in [6, 6.07) is 0. The van der Waals surface area contributed by atoms with Gasteiger partial charge in [-0.15, -0.1) is 0 Å². The zero-order chi connectivity index (χ0) is 15.8. The summed E-state index contributed by atoms with van der Waals surface area (Å²) in [5.74, 6) is -0.365. The van der Waals surface area contributed by atoms with Crippen molar-refractivity contribution >= 4 is 19.8 Å². The molecule has 5 N–H and O–H groups in total. The molecule has 0 saturated carbocycles. The molecule has 0 heterocycles. The number of carbonyl (C=O) groups excluding carboxylic acids is 2. The monoisotopic (exact) mass is 300 g/mol. The van der Waals surface area contributed by atoms with Crippen LogP contribution in [0.4, 0.5) is 0 Å². The Morgan fingerprint density at radius 1 is 0.905 bits per heavy atom. The highest BCUT2D eigenvalue weighted by atomic mass is 16.5. The van der Waals surface area contributed by atoms with Crippen molar-refractivity contribution in [2.45, 2.75) is 19.3 Å². The molecule has 0 fully saturated rings. The Labute approximate surface area is 126 Å². The van der Waals surface area contributed by atoms with Gasteiger partial charge in [0.05, 0.1) is 6.67 Å². The Morgan fingerprint density at radius 2 is 1.48 bits per heavy atom. The van der Waals surface area contributed by atoms with Crippen LogP contribution in [-0.4, -0.2) is 66.0 Å². The number of ether oxygens (including phenoxy) is 2. The van der Waals surface area contributed by atoms with Crippen LogP contribution in [0.1, 0.15) is 19.3 Å². The molecule has 8 nitrogen and oxygen atoms in total. The van der Waals surface area contributed by atoms with Crippen molar-refractivity contribution in [3.8, 4) is 0 Å². The van der Waals surface area contributed by atoms with Gasteiger partial charge in [0.25, 0.3) is 0 Å². The second-order valence-corrected chi connectivity index (χ2v) is 4.27. The molecule has 0 aromatic carbocycles. The number of hydrogen-bond donors (Lipinski definition) is 4. The summed E-state index contributed by atoms with van der Waals surface area (Å²) < 4.78 is 10.4. The van der Waals surface area contributed by atoms with Crippen molar-refractivity contribution in [3.63, 3.8) is 0 Å². The Hall–Kier alpha value is -1.16. The predicted molar refractivity (Wildman–Crippen MR) is 79.5 cm³/mol. The highest BCUT2D eigenvalue weighted by molar-refractivity contribution is 6.04. The van der Waals surface area contributed by atoms with Crippen LogP contribution in [0.15, 0.2) is 0 Å². The molecule has 0 saturated heterocycles. The van der Waals surface area contributed by atoms with E-state index in [2.05, 4.69) is 15.9 Å². The van der Waals surface area contributed by atoms with Gasteiger partial charge in [-0.2, -0.15) is 0 Å². The summed E-state index contributed by atoms with van der Waals surface area (Å²) in [6.07, 6.45) is 2.60. The molecule has 0 aliphatic carbocycles. The van der Waals surface area contributed by atoms with Crippen LogP contribution in [0, 0.1) is 0 Å². The van der Waals surface area contributed by atoms with Crippen molar-refractivity contribution in [2.75, 3.05) is 46.2 Å². The van der Waals surface area contributed by atoms with Crippen molar-refractivity contribution < 1.29 is 19.1 Å². The van der Waals surface area contributed by atoms with Gasteiger partial charge in [-0.25, -0.2) is 0 Å². The maximum Gasteiger partial charge on any atom is 0.246 e. The van der Waals surface area contributed by atoms with Crippen LogP contribution in [-0.2, 0) is 19.1 Å². The highest BCUT2D eigenvalue weighted by Gasteiger charge is 2.00. The Morgan fingerprint density at radius 3 is 2.00 bits per heavy atom. The minimum atomic E-state index is -0.211. The smallest absolute Gasteiger partial charge is 0.246 e. The van der Waals surface area contributed by atoms with E-state index in [9.17, 15) is 9.59 Å². The zero-order valence-electron chi connectivity index (χ0n) is 12.4. The Balaban J connectivity index is 3.18. The standard InChI is InChI=1S/C12H25BN4O4/c13-17-5-4-15-11(18)8-20-6-2-1-3-7-21-9-12(19)16-10-14/h17H,1-10,14H2,(H,15,18)(H,16,19). The summed E-state index contributed by atoms with van der Waals surface area (Å²) in [5, 5.41) is 7.53. The first-order valence-electron chi connectivity index (χ1n) is 7.03. The number of nitrogens with one attached hydrogen (secondary N) is 3. The number of rotatable bonds is 14. The lowest BCUT2D eigenvalue weighted by Gasteiger charge is -2.06. The SMILES string of the molecule is [B]NCCNC(=O)COCCCCCOCC(=O)NCN. The second-order valence-electron chi connectivity index (χ2n) is 4.27. The lowest BCUT2D eigenvalue weighted by atomic mass is 10.2. The van der Waals surface area contributed by atoms with Crippen LogP contribution in [0.5, 0.6) is 0 Å². The molecule has 0 spiro atoms. The molecular weight excluding hydrogens is 275 g/mol. The van der Waals surface area contributed by atoms with Gasteiger partial charge >= 0.3 is 0 Å². The predicted octanol–water partition coefficient (Wildman–Crippen LogP) is -1.99. The molecule has 0 bridgehead atoms. The maximum atomic E-state index is 11.2. The van der Waals surface area contributed by atoms with Crippen LogP contribution in [0.2, 0.25) is 0 Å². The highest BCUT2D eigenvalue weighted by Crippen LogP contribution is 1.96. The van der Waals surface area contributed by atoms with Crippen LogP contribution >= 0.6 is 0 Å². The normalized spacial score (nSPS) is 10.3. The topological polar surface area (TPSA) is 115 Å². The molecule has 2 amide bonds. The van der Waals surface area contributed by atoms with E-state index in [0.717, 1.165) is 19.3 Å². The van der Waals surface area contributed by atoms with Gasteiger partial charge in [-0.3, -0.25) is 9.59 Å². The van der Waals surface area contributed by atoms with Crippen LogP contribution in [0.25, 0.3) is 0 Å². The molecule has 0 atom stereocenters. The van der Waals surface area contributed by atoms with E-state index >= 15 is 0 Å². The first-order valence-corrected chi connectivity index (χ1v) is 7.03. The molecule has 2 radical (unpaired) electrons. The summed E-state index contributed by atoms with van der Waals surface area (Å²) in [4.78, 5) is 22.2. The third-order valence-corrected chi connectivity index (χ3v) is 2.43. The fourth-order valence-electron chi connectivity index (χ4n) is 1.40. The first kappa shape index (κ1) is 19.8.